The van der Waals surface area contributed by atoms with Crippen LogP contribution in [0, 0.1) is 0 Å². The highest BCUT2D eigenvalue weighted by atomic mass is 79.9. The van der Waals surface area contributed by atoms with Gasteiger partial charge in [0.1, 0.15) is 0 Å². The van der Waals surface area contributed by atoms with E-state index in [0.717, 1.165) is 24.2 Å². The van der Waals surface area contributed by atoms with Gasteiger partial charge in [-0.05, 0) is 42.4 Å². The Morgan fingerprint density at radius 1 is 1.27 bits per heavy atom. The van der Waals surface area contributed by atoms with Gasteiger partial charge in [-0.2, -0.15) is 0 Å². The zero-order chi connectivity index (χ0) is 16.4. The summed E-state index contributed by atoms with van der Waals surface area (Å²) in [6, 6.07) is 8.49. The van der Waals surface area contributed by atoms with Gasteiger partial charge in [0.05, 0.1) is 19.3 Å². The third kappa shape index (κ3) is 4.57. The Kier molecular flexibility index (Phi) is 5.75. The first kappa shape index (κ1) is 18.0. The van der Waals surface area contributed by atoms with Crippen molar-refractivity contribution in [1.29, 1.82) is 0 Å². The van der Waals surface area contributed by atoms with E-state index < -0.39 is 8.32 Å². The monoisotopic (exact) mass is 385 g/mol. The minimum absolute atomic E-state index is 0.159. The van der Waals surface area contributed by atoms with Crippen LogP contribution in [0.4, 0.5) is 5.69 Å². The molecule has 1 atom stereocenters. The molecule has 3 nitrogen and oxygen atoms in total. The lowest BCUT2D eigenvalue weighted by molar-refractivity contribution is 0.00688. The molecule has 0 N–H and O–H groups in total. The van der Waals surface area contributed by atoms with E-state index >= 15 is 0 Å². The normalized spacial score (nSPS) is 20.3. The first-order valence-corrected chi connectivity index (χ1v) is 11.7. The molecule has 1 saturated heterocycles. The lowest BCUT2D eigenvalue weighted by atomic mass is 10.2. The third-order valence-electron chi connectivity index (χ3n) is 4.77. The van der Waals surface area contributed by atoms with Crippen LogP contribution in [0.15, 0.2) is 28.7 Å². The molecule has 1 aromatic rings. The molecule has 0 aromatic heterocycles. The molecule has 2 rings (SSSR count). The van der Waals surface area contributed by atoms with Crippen molar-refractivity contribution in [2.75, 3.05) is 31.2 Å². The van der Waals surface area contributed by atoms with E-state index in [-0.39, 0.29) is 11.1 Å². The van der Waals surface area contributed by atoms with Crippen LogP contribution in [-0.4, -0.2) is 40.7 Å². The van der Waals surface area contributed by atoms with Crippen LogP contribution in [0.25, 0.3) is 0 Å². The quantitative estimate of drug-likeness (QED) is 0.702. The number of rotatable bonds is 4. The molecule has 0 radical (unpaired) electrons. The van der Waals surface area contributed by atoms with Gasteiger partial charge in [-0.15, -0.1) is 0 Å². The molecule has 0 amide bonds. The van der Waals surface area contributed by atoms with Crippen molar-refractivity contribution in [3.8, 4) is 0 Å². The Morgan fingerprint density at radius 2 is 1.91 bits per heavy atom. The summed E-state index contributed by atoms with van der Waals surface area (Å²) in [5.74, 6) is 0. The molecule has 22 heavy (non-hydrogen) atoms. The summed E-state index contributed by atoms with van der Waals surface area (Å²) in [7, 11) is -1.70. The fraction of sp³-hybridized carbons (Fsp3) is 0.647. The summed E-state index contributed by atoms with van der Waals surface area (Å²) >= 11 is 3.49. The van der Waals surface area contributed by atoms with Gasteiger partial charge in [0.15, 0.2) is 8.32 Å². The molecule has 1 aliphatic rings. The van der Waals surface area contributed by atoms with Gasteiger partial charge in [0.2, 0.25) is 0 Å². The Hall–Kier alpha value is -0.363. The summed E-state index contributed by atoms with van der Waals surface area (Å²) in [4.78, 5) is 2.38. The first-order valence-electron chi connectivity index (χ1n) is 7.95. The van der Waals surface area contributed by atoms with E-state index in [1.807, 2.05) is 0 Å². The molecule has 1 heterocycles. The maximum atomic E-state index is 6.32. The maximum absolute atomic E-state index is 6.32. The first-order chi connectivity index (χ1) is 10.2. The molecule has 0 saturated carbocycles. The molecule has 1 unspecified atom stereocenters. The third-order valence-corrected chi connectivity index (χ3v) is 9.80. The smallest absolute Gasteiger partial charge is 0.192 e. The fourth-order valence-corrected chi connectivity index (χ4v) is 3.52. The molecule has 0 aliphatic carbocycles. The van der Waals surface area contributed by atoms with Crippen LogP contribution >= 0.6 is 15.9 Å². The molecule has 1 aromatic carbocycles. The highest BCUT2D eigenvalue weighted by Crippen LogP contribution is 2.36. The molecular weight excluding hydrogens is 358 g/mol. The largest absolute Gasteiger partial charge is 0.414 e. The average Bonchev–Trinajstić information content (AvgIpc) is 2.45. The number of benzene rings is 1. The molecule has 0 bridgehead atoms. The predicted molar refractivity (Wildman–Crippen MR) is 99.2 cm³/mol. The number of nitrogens with zero attached hydrogens (tertiary/aromatic N) is 1. The van der Waals surface area contributed by atoms with Gasteiger partial charge in [0, 0.05) is 23.2 Å². The molecule has 0 spiro atoms. The van der Waals surface area contributed by atoms with Crippen molar-refractivity contribution in [2.45, 2.75) is 45.0 Å². The number of hydrogen-bond donors (Lipinski definition) is 0. The second-order valence-electron chi connectivity index (χ2n) is 7.49. The van der Waals surface area contributed by atoms with Crippen molar-refractivity contribution >= 4 is 29.9 Å². The molecular formula is C17H28BrNO2Si. The lowest BCUT2D eigenvalue weighted by Gasteiger charge is -2.39. The van der Waals surface area contributed by atoms with Gasteiger partial charge in [-0.25, -0.2) is 0 Å². The van der Waals surface area contributed by atoms with Crippen LogP contribution in [0.5, 0.6) is 0 Å². The number of morpholine rings is 1. The van der Waals surface area contributed by atoms with E-state index in [2.05, 4.69) is 79.0 Å². The van der Waals surface area contributed by atoms with Crippen molar-refractivity contribution < 1.29 is 9.16 Å². The van der Waals surface area contributed by atoms with Gasteiger partial charge in [-0.3, -0.25) is 0 Å². The number of ether oxygens (including phenoxy) is 1. The van der Waals surface area contributed by atoms with Gasteiger partial charge >= 0.3 is 0 Å². The summed E-state index contributed by atoms with van der Waals surface area (Å²) in [6.07, 6.45) is 0.159. The maximum Gasteiger partial charge on any atom is 0.192 e. The Balaban J connectivity index is 1.92. The second kappa shape index (κ2) is 7.03. The zero-order valence-electron chi connectivity index (χ0n) is 14.4. The SMILES string of the molecule is CC(C)(C)[Si](C)(C)OCC1CN(c2ccc(Br)cc2)CCO1. The highest BCUT2D eigenvalue weighted by Gasteiger charge is 2.38. The Bertz CT molecular complexity index is 484. The Labute approximate surface area is 144 Å². The van der Waals surface area contributed by atoms with E-state index in [0.29, 0.717) is 6.61 Å². The van der Waals surface area contributed by atoms with E-state index in [1.165, 1.54) is 5.69 Å². The standard InChI is InChI=1S/C17H28BrNO2Si/c1-17(2,3)22(4,5)21-13-16-12-19(10-11-20-16)15-8-6-14(18)7-9-15/h6-9,16H,10-13H2,1-5H3. The Morgan fingerprint density at radius 3 is 2.50 bits per heavy atom. The summed E-state index contributed by atoms with van der Waals surface area (Å²) < 4.78 is 13.3. The molecule has 124 valence electrons. The van der Waals surface area contributed by atoms with Crippen LogP contribution in [0.3, 0.4) is 0 Å². The summed E-state index contributed by atoms with van der Waals surface area (Å²) in [5.41, 5.74) is 1.25. The van der Waals surface area contributed by atoms with E-state index in [4.69, 9.17) is 9.16 Å². The van der Waals surface area contributed by atoms with Crippen LogP contribution in [-0.2, 0) is 9.16 Å². The molecule has 5 heteroatoms. The van der Waals surface area contributed by atoms with Crippen molar-refractivity contribution in [1.82, 2.24) is 0 Å². The topological polar surface area (TPSA) is 21.7 Å². The van der Waals surface area contributed by atoms with Gasteiger partial charge < -0.3 is 14.1 Å². The van der Waals surface area contributed by atoms with Gasteiger partial charge in [-0.1, -0.05) is 36.7 Å². The highest BCUT2D eigenvalue weighted by molar-refractivity contribution is 9.10. The molecule has 1 fully saturated rings. The number of hydrogen-bond acceptors (Lipinski definition) is 3. The minimum Gasteiger partial charge on any atom is -0.414 e. The van der Waals surface area contributed by atoms with Crippen LogP contribution in [0.2, 0.25) is 18.1 Å². The second-order valence-corrected chi connectivity index (χ2v) is 13.2. The fourth-order valence-electron chi connectivity index (χ4n) is 2.22. The number of anilines is 1. The van der Waals surface area contributed by atoms with Crippen molar-refractivity contribution in [2.24, 2.45) is 0 Å². The number of halogens is 1. The summed E-state index contributed by atoms with van der Waals surface area (Å²) in [6.45, 7) is 14.7. The predicted octanol–water partition coefficient (Wildman–Crippen LogP) is 4.68. The summed E-state index contributed by atoms with van der Waals surface area (Å²) in [5, 5.41) is 0.243. The minimum atomic E-state index is -1.70. The average molecular weight is 386 g/mol. The van der Waals surface area contributed by atoms with Crippen molar-refractivity contribution in [3.63, 3.8) is 0 Å². The van der Waals surface area contributed by atoms with Crippen LogP contribution < -0.4 is 4.90 Å². The zero-order valence-corrected chi connectivity index (χ0v) is 16.9. The van der Waals surface area contributed by atoms with E-state index in [1.54, 1.807) is 0 Å². The lowest BCUT2D eigenvalue weighted by Crippen LogP contribution is -2.48. The van der Waals surface area contributed by atoms with Gasteiger partial charge in [0.25, 0.3) is 0 Å². The van der Waals surface area contributed by atoms with Crippen molar-refractivity contribution in [3.05, 3.63) is 28.7 Å². The molecule has 1 aliphatic heterocycles. The van der Waals surface area contributed by atoms with Crippen LogP contribution in [0.1, 0.15) is 20.8 Å². The van der Waals surface area contributed by atoms with E-state index in [9.17, 15) is 0 Å².